The quantitative estimate of drug-likeness (QED) is 0.916. The normalized spacial score (nSPS) is 12.0. The molecule has 1 N–H and O–H groups in total. The highest BCUT2D eigenvalue weighted by molar-refractivity contribution is 6.31. The number of nitrogens with one attached hydrogen (secondary N) is 1. The van der Waals surface area contributed by atoms with Crippen LogP contribution in [0.25, 0.3) is 0 Å². The minimum atomic E-state index is -0.0561. The number of hydrogen-bond donors (Lipinski definition) is 1. The molecule has 0 aliphatic rings. The number of anilines is 1. The molecular formula is C16H19ClN2O2. The van der Waals surface area contributed by atoms with Crippen molar-refractivity contribution in [1.82, 2.24) is 4.90 Å². The molecule has 0 aliphatic carbocycles. The van der Waals surface area contributed by atoms with Crippen LogP contribution in [0.3, 0.4) is 0 Å². The molecule has 21 heavy (non-hydrogen) atoms. The Labute approximate surface area is 129 Å². The van der Waals surface area contributed by atoms with Gasteiger partial charge in [-0.25, -0.2) is 0 Å². The second-order valence-electron chi connectivity index (χ2n) is 5.22. The highest BCUT2D eigenvalue weighted by Gasteiger charge is 2.15. The van der Waals surface area contributed by atoms with E-state index in [2.05, 4.69) is 5.32 Å². The van der Waals surface area contributed by atoms with E-state index < -0.39 is 0 Å². The van der Waals surface area contributed by atoms with E-state index in [0.29, 0.717) is 10.6 Å². The van der Waals surface area contributed by atoms with E-state index in [9.17, 15) is 4.79 Å². The monoisotopic (exact) mass is 306 g/mol. The maximum Gasteiger partial charge on any atom is 0.255 e. The van der Waals surface area contributed by atoms with Gasteiger partial charge in [0.25, 0.3) is 5.91 Å². The Morgan fingerprint density at radius 3 is 2.76 bits per heavy atom. The van der Waals surface area contributed by atoms with Crippen LogP contribution in [0.1, 0.15) is 23.0 Å². The van der Waals surface area contributed by atoms with Crippen molar-refractivity contribution >= 4 is 23.2 Å². The summed E-state index contributed by atoms with van der Waals surface area (Å²) in [5.41, 5.74) is 1.34. The van der Waals surface area contributed by atoms with Gasteiger partial charge in [0.1, 0.15) is 5.76 Å². The van der Waals surface area contributed by atoms with Crippen LogP contribution in [0.4, 0.5) is 5.69 Å². The molecule has 1 aromatic heterocycles. The summed E-state index contributed by atoms with van der Waals surface area (Å²) < 4.78 is 5.34. The van der Waals surface area contributed by atoms with Gasteiger partial charge in [-0.1, -0.05) is 11.6 Å². The Morgan fingerprint density at radius 2 is 2.14 bits per heavy atom. The number of carbonyl (C=O) groups is 1. The van der Waals surface area contributed by atoms with Gasteiger partial charge in [0, 0.05) is 37.3 Å². The van der Waals surface area contributed by atoms with E-state index in [-0.39, 0.29) is 11.9 Å². The number of rotatable bonds is 5. The first-order chi connectivity index (χ1) is 9.97. The van der Waals surface area contributed by atoms with Crippen LogP contribution in [0.15, 0.2) is 41.0 Å². The number of benzene rings is 1. The topological polar surface area (TPSA) is 45.5 Å². The lowest BCUT2D eigenvalue weighted by Gasteiger charge is -2.19. The van der Waals surface area contributed by atoms with Gasteiger partial charge in [0.05, 0.1) is 11.8 Å². The molecule has 4 nitrogen and oxygen atoms in total. The van der Waals surface area contributed by atoms with Crippen LogP contribution in [0.5, 0.6) is 0 Å². The summed E-state index contributed by atoms with van der Waals surface area (Å²) in [6, 6.07) is 9.15. The zero-order chi connectivity index (χ0) is 15.4. The predicted molar refractivity (Wildman–Crippen MR) is 85.0 cm³/mol. The number of halogens is 1. The molecule has 0 fully saturated rings. The van der Waals surface area contributed by atoms with Crippen molar-refractivity contribution < 1.29 is 9.21 Å². The molecule has 1 atom stereocenters. The second kappa shape index (κ2) is 6.68. The van der Waals surface area contributed by atoms with Crippen molar-refractivity contribution in [2.75, 3.05) is 19.4 Å². The number of hydrogen-bond acceptors (Lipinski definition) is 3. The predicted octanol–water partition coefficient (Wildman–Crippen LogP) is 3.68. The Morgan fingerprint density at radius 1 is 1.38 bits per heavy atom. The fourth-order valence-electron chi connectivity index (χ4n) is 2.11. The maximum absolute atomic E-state index is 12.2. The number of nitrogens with zero attached hydrogens (tertiary/aromatic N) is 1. The van der Waals surface area contributed by atoms with Gasteiger partial charge in [0.2, 0.25) is 0 Å². The summed E-state index contributed by atoms with van der Waals surface area (Å²) in [5, 5.41) is 3.93. The van der Waals surface area contributed by atoms with E-state index in [1.54, 1.807) is 43.5 Å². The molecule has 1 amide bonds. The van der Waals surface area contributed by atoms with Crippen molar-refractivity contribution in [2.24, 2.45) is 0 Å². The fourth-order valence-corrected chi connectivity index (χ4v) is 2.28. The van der Waals surface area contributed by atoms with E-state index in [0.717, 1.165) is 17.9 Å². The zero-order valence-electron chi connectivity index (χ0n) is 12.4. The molecule has 0 saturated heterocycles. The van der Waals surface area contributed by atoms with Crippen molar-refractivity contribution in [1.29, 1.82) is 0 Å². The standard InChI is InChI=1S/C16H19ClN2O2/c1-11(9-13-5-4-8-21-13)18-15-10-12(17)6-7-14(15)16(20)19(2)3/h4-8,10-11,18H,9H2,1-3H3. The van der Waals surface area contributed by atoms with Gasteiger partial charge in [-0.15, -0.1) is 0 Å². The molecule has 0 aliphatic heterocycles. The van der Waals surface area contributed by atoms with Crippen molar-refractivity contribution in [3.05, 3.63) is 52.9 Å². The van der Waals surface area contributed by atoms with Gasteiger partial charge >= 0.3 is 0 Å². The molecule has 2 rings (SSSR count). The molecule has 0 radical (unpaired) electrons. The van der Waals surface area contributed by atoms with Crippen LogP contribution < -0.4 is 5.32 Å². The van der Waals surface area contributed by atoms with Crippen LogP contribution in [-0.2, 0) is 6.42 Å². The Bertz CT molecular complexity index is 609. The highest BCUT2D eigenvalue weighted by Crippen LogP contribution is 2.23. The second-order valence-corrected chi connectivity index (χ2v) is 5.65. The summed E-state index contributed by atoms with van der Waals surface area (Å²) in [7, 11) is 3.46. The Kier molecular flexibility index (Phi) is 4.91. The largest absolute Gasteiger partial charge is 0.469 e. The van der Waals surface area contributed by atoms with Gasteiger partial charge in [-0.3, -0.25) is 4.79 Å². The number of furan rings is 1. The lowest BCUT2D eigenvalue weighted by molar-refractivity contribution is 0.0828. The molecule has 5 heteroatoms. The van der Waals surface area contributed by atoms with Crippen molar-refractivity contribution in [2.45, 2.75) is 19.4 Å². The fraction of sp³-hybridized carbons (Fsp3) is 0.312. The first-order valence-electron chi connectivity index (χ1n) is 6.77. The summed E-state index contributed by atoms with van der Waals surface area (Å²) >= 11 is 6.04. The lowest BCUT2D eigenvalue weighted by Crippen LogP contribution is -2.25. The highest BCUT2D eigenvalue weighted by atomic mass is 35.5. The molecular weight excluding hydrogens is 288 g/mol. The summed E-state index contributed by atoms with van der Waals surface area (Å²) in [6.45, 7) is 2.04. The third kappa shape index (κ3) is 4.02. The van der Waals surface area contributed by atoms with Gasteiger partial charge in [-0.2, -0.15) is 0 Å². The average Bonchev–Trinajstić information content (AvgIpc) is 2.90. The van der Waals surface area contributed by atoms with Gasteiger partial charge in [0.15, 0.2) is 0 Å². The molecule has 2 aromatic rings. The summed E-state index contributed by atoms with van der Waals surface area (Å²) in [5.74, 6) is 0.844. The molecule has 1 unspecified atom stereocenters. The summed E-state index contributed by atoms with van der Waals surface area (Å²) in [4.78, 5) is 13.7. The zero-order valence-corrected chi connectivity index (χ0v) is 13.1. The SMILES string of the molecule is CC(Cc1ccco1)Nc1cc(Cl)ccc1C(=O)N(C)C. The van der Waals surface area contributed by atoms with Crippen LogP contribution in [0.2, 0.25) is 5.02 Å². The maximum atomic E-state index is 12.2. The van der Waals surface area contributed by atoms with Gasteiger partial charge in [-0.05, 0) is 37.3 Å². The molecule has 1 aromatic carbocycles. The average molecular weight is 307 g/mol. The number of amides is 1. The number of carbonyl (C=O) groups excluding carboxylic acids is 1. The molecule has 1 heterocycles. The molecule has 112 valence electrons. The van der Waals surface area contributed by atoms with E-state index in [1.807, 2.05) is 19.1 Å². The minimum Gasteiger partial charge on any atom is -0.469 e. The first kappa shape index (κ1) is 15.4. The molecule has 0 bridgehead atoms. The van der Waals surface area contributed by atoms with Crippen LogP contribution >= 0.6 is 11.6 Å². The Hall–Kier alpha value is -1.94. The van der Waals surface area contributed by atoms with Crippen LogP contribution in [-0.4, -0.2) is 30.9 Å². The molecule has 0 saturated carbocycles. The first-order valence-corrected chi connectivity index (χ1v) is 7.15. The van der Waals surface area contributed by atoms with Crippen molar-refractivity contribution in [3.63, 3.8) is 0 Å². The van der Waals surface area contributed by atoms with E-state index >= 15 is 0 Å². The molecule has 0 spiro atoms. The smallest absolute Gasteiger partial charge is 0.255 e. The minimum absolute atomic E-state index is 0.0561. The van der Waals surface area contributed by atoms with Crippen LogP contribution in [0, 0.1) is 0 Å². The lowest BCUT2D eigenvalue weighted by atomic mass is 10.1. The Balaban J connectivity index is 2.18. The summed E-state index contributed by atoms with van der Waals surface area (Å²) in [6.07, 6.45) is 2.39. The van der Waals surface area contributed by atoms with E-state index in [1.165, 1.54) is 0 Å². The van der Waals surface area contributed by atoms with Crippen molar-refractivity contribution in [3.8, 4) is 0 Å². The third-order valence-electron chi connectivity index (χ3n) is 3.11. The third-order valence-corrected chi connectivity index (χ3v) is 3.34. The van der Waals surface area contributed by atoms with Gasteiger partial charge < -0.3 is 14.6 Å². The van der Waals surface area contributed by atoms with E-state index in [4.69, 9.17) is 16.0 Å².